The Morgan fingerprint density at radius 2 is 2.33 bits per heavy atom. The maximum Gasteiger partial charge on any atom is 0.218 e. The molecule has 1 unspecified atom stereocenters. The Morgan fingerprint density at radius 1 is 1.43 bits per heavy atom. The van der Waals surface area contributed by atoms with E-state index in [4.69, 9.17) is 4.74 Å². The van der Waals surface area contributed by atoms with Gasteiger partial charge in [0.1, 0.15) is 12.1 Å². The fraction of sp³-hybridized carbons (Fsp3) is 0.500. The minimum absolute atomic E-state index is 0.401. The first kappa shape index (κ1) is 13.8. The number of aromatic nitrogens is 4. The zero-order valence-electron chi connectivity index (χ0n) is 12.4. The van der Waals surface area contributed by atoms with Gasteiger partial charge in [-0.2, -0.15) is 5.10 Å². The van der Waals surface area contributed by atoms with Crippen LogP contribution < -0.4 is 10.1 Å². The molecule has 1 aliphatic rings. The van der Waals surface area contributed by atoms with Crippen molar-refractivity contribution >= 4 is 5.82 Å². The summed E-state index contributed by atoms with van der Waals surface area (Å²) in [6.07, 6.45) is 4.46. The fourth-order valence-corrected chi connectivity index (χ4v) is 2.62. The van der Waals surface area contributed by atoms with Crippen molar-refractivity contribution in [2.24, 2.45) is 7.05 Å². The number of nitrogens with one attached hydrogen (secondary N) is 1. The second kappa shape index (κ2) is 6.09. The normalized spacial score (nSPS) is 18.9. The Balaban J connectivity index is 1.56. The van der Waals surface area contributed by atoms with Crippen LogP contribution in [-0.4, -0.2) is 50.9 Å². The quantitative estimate of drug-likeness (QED) is 0.882. The molecule has 1 aliphatic heterocycles. The average Bonchev–Trinajstić information content (AvgIpc) is 3.10. The maximum absolute atomic E-state index is 5.11. The van der Waals surface area contributed by atoms with Crippen LogP contribution in [-0.2, 0) is 13.6 Å². The van der Waals surface area contributed by atoms with Crippen LogP contribution in [0.3, 0.4) is 0 Å². The zero-order valence-corrected chi connectivity index (χ0v) is 12.4. The summed E-state index contributed by atoms with van der Waals surface area (Å²) in [4.78, 5) is 10.7. The number of hydrogen-bond donors (Lipinski definition) is 1. The highest BCUT2D eigenvalue weighted by Crippen LogP contribution is 2.18. The van der Waals surface area contributed by atoms with E-state index in [9.17, 15) is 0 Å². The number of likely N-dealkylation sites (tertiary alicyclic amines) is 1. The molecule has 2 aromatic heterocycles. The van der Waals surface area contributed by atoms with Crippen molar-refractivity contribution in [3.63, 3.8) is 0 Å². The lowest BCUT2D eigenvalue weighted by Crippen LogP contribution is -2.27. The Kier molecular flexibility index (Phi) is 4.01. The Morgan fingerprint density at radius 3 is 3.10 bits per heavy atom. The van der Waals surface area contributed by atoms with Crippen LogP contribution in [0.15, 0.2) is 24.7 Å². The van der Waals surface area contributed by atoms with Gasteiger partial charge in [0.05, 0.1) is 12.8 Å². The summed E-state index contributed by atoms with van der Waals surface area (Å²) in [7, 11) is 3.59. The lowest BCUT2D eigenvalue weighted by atomic mass is 10.2. The van der Waals surface area contributed by atoms with Crippen LogP contribution >= 0.6 is 0 Å². The Hall–Kier alpha value is -2.15. The van der Waals surface area contributed by atoms with Gasteiger partial charge >= 0.3 is 0 Å². The van der Waals surface area contributed by atoms with Gasteiger partial charge in [-0.3, -0.25) is 9.58 Å². The standard InChI is InChI=1S/C14H20N6O/c1-19-12(3-5-17-19)9-20-6-4-11(8-20)18-13-7-14(21-2)16-10-15-13/h3,5,7,10-11H,4,6,8-9H2,1-2H3,(H,15,16,18). The lowest BCUT2D eigenvalue weighted by Gasteiger charge is -2.17. The minimum Gasteiger partial charge on any atom is -0.481 e. The molecule has 3 heterocycles. The summed E-state index contributed by atoms with van der Waals surface area (Å²) in [5, 5.41) is 7.65. The minimum atomic E-state index is 0.401. The average molecular weight is 288 g/mol. The molecule has 7 heteroatoms. The molecule has 0 spiro atoms. The molecule has 1 saturated heterocycles. The van der Waals surface area contributed by atoms with Crippen LogP contribution in [0.25, 0.3) is 0 Å². The predicted octanol–water partition coefficient (Wildman–Crippen LogP) is 0.905. The van der Waals surface area contributed by atoms with Crippen molar-refractivity contribution in [1.29, 1.82) is 0 Å². The monoisotopic (exact) mass is 288 g/mol. The van der Waals surface area contributed by atoms with Crippen molar-refractivity contribution in [3.8, 4) is 5.88 Å². The van der Waals surface area contributed by atoms with Gasteiger partial charge in [-0.25, -0.2) is 9.97 Å². The second-order valence-electron chi connectivity index (χ2n) is 5.26. The van der Waals surface area contributed by atoms with Gasteiger partial charge in [0.2, 0.25) is 5.88 Å². The van der Waals surface area contributed by atoms with E-state index in [2.05, 4.69) is 31.3 Å². The highest BCUT2D eigenvalue weighted by atomic mass is 16.5. The first-order valence-electron chi connectivity index (χ1n) is 7.06. The number of methoxy groups -OCH3 is 1. The van der Waals surface area contributed by atoms with Crippen LogP contribution in [0.5, 0.6) is 5.88 Å². The molecule has 1 N–H and O–H groups in total. The number of ether oxygens (including phenoxy) is 1. The summed E-state index contributed by atoms with van der Waals surface area (Å²) in [6.45, 7) is 3.00. The first-order valence-corrected chi connectivity index (χ1v) is 7.06. The summed E-state index contributed by atoms with van der Waals surface area (Å²) in [6, 6.07) is 4.29. The fourth-order valence-electron chi connectivity index (χ4n) is 2.62. The van der Waals surface area contributed by atoms with Gasteiger partial charge < -0.3 is 10.1 Å². The molecule has 0 radical (unpaired) electrons. The molecule has 0 amide bonds. The van der Waals surface area contributed by atoms with Crippen molar-refractivity contribution in [3.05, 3.63) is 30.4 Å². The number of rotatable bonds is 5. The Bertz CT molecular complexity index is 599. The molecular weight excluding hydrogens is 268 g/mol. The molecular formula is C14H20N6O. The number of anilines is 1. The van der Waals surface area contributed by atoms with E-state index in [1.807, 2.05) is 24.0 Å². The van der Waals surface area contributed by atoms with Gasteiger partial charge in [0.25, 0.3) is 0 Å². The molecule has 7 nitrogen and oxygen atoms in total. The third-order valence-corrected chi connectivity index (χ3v) is 3.78. The van der Waals surface area contributed by atoms with Crippen molar-refractivity contribution < 1.29 is 4.74 Å². The van der Waals surface area contributed by atoms with E-state index in [-0.39, 0.29) is 0 Å². The SMILES string of the molecule is COc1cc(NC2CCN(Cc3ccnn3C)C2)ncn1. The van der Waals surface area contributed by atoms with Crippen LogP contribution in [0.2, 0.25) is 0 Å². The van der Waals surface area contributed by atoms with Crippen molar-refractivity contribution in [1.82, 2.24) is 24.6 Å². The van der Waals surface area contributed by atoms with E-state index in [1.165, 1.54) is 12.0 Å². The van der Waals surface area contributed by atoms with E-state index in [1.54, 1.807) is 7.11 Å². The van der Waals surface area contributed by atoms with Gasteiger partial charge in [-0.1, -0.05) is 0 Å². The van der Waals surface area contributed by atoms with Crippen LogP contribution in [0.1, 0.15) is 12.1 Å². The largest absolute Gasteiger partial charge is 0.481 e. The summed E-state index contributed by atoms with van der Waals surface area (Å²) in [5.41, 5.74) is 1.24. The van der Waals surface area contributed by atoms with E-state index >= 15 is 0 Å². The molecule has 0 bridgehead atoms. The van der Waals surface area contributed by atoms with Gasteiger partial charge in [-0.15, -0.1) is 0 Å². The molecule has 0 saturated carbocycles. The lowest BCUT2D eigenvalue weighted by molar-refractivity contribution is 0.318. The van der Waals surface area contributed by atoms with Gasteiger partial charge in [-0.05, 0) is 12.5 Å². The number of hydrogen-bond acceptors (Lipinski definition) is 6. The smallest absolute Gasteiger partial charge is 0.218 e. The molecule has 112 valence electrons. The molecule has 1 atom stereocenters. The second-order valence-corrected chi connectivity index (χ2v) is 5.26. The molecule has 2 aromatic rings. The Labute approximate surface area is 124 Å². The first-order chi connectivity index (χ1) is 10.2. The van der Waals surface area contributed by atoms with Crippen LogP contribution in [0, 0.1) is 0 Å². The molecule has 0 aromatic carbocycles. The summed E-state index contributed by atoms with van der Waals surface area (Å²) in [5.74, 6) is 1.39. The highest BCUT2D eigenvalue weighted by Gasteiger charge is 2.23. The predicted molar refractivity (Wildman–Crippen MR) is 79.1 cm³/mol. The summed E-state index contributed by atoms with van der Waals surface area (Å²) < 4.78 is 7.04. The van der Waals surface area contributed by atoms with Crippen LogP contribution in [0.4, 0.5) is 5.82 Å². The molecule has 3 rings (SSSR count). The molecule has 0 aliphatic carbocycles. The number of aryl methyl sites for hydroxylation is 1. The summed E-state index contributed by atoms with van der Waals surface area (Å²) >= 11 is 0. The van der Waals surface area contributed by atoms with E-state index in [0.717, 1.165) is 31.9 Å². The van der Waals surface area contributed by atoms with Crippen molar-refractivity contribution in [2.75, 3.05) is 25.5 Å². The third-order valence-electron chi connectivity index (χ3n) is 3.78. The highest BCUT2D eigenvalue weighted by molar-refractivity contribution is 5.38. The molecule has 1 fully saturated rings. The van der Waals surface area contributed by atoms with Gasteiger partial charge in [0.15, 0.2) is 0 Å². The third kappa shape index (κ3) is 3.30. The van der Waals surface area contributed by atoms with Crippen molar-refractivity contribution in [2.45, 2.75) is 19.0 Å². The zero-order chi connectivity index (χ0) is 14.7. The van der Waals surface area contributed by atoms with Gasteiger partial charge in [0, 0.05) is 45.0 Å². The topological polar surface area (TPSA) is 68.1 Å². The maximum atomic E-state index is 5.11. The van der Waals surface area contributed by atoms with E-state index < -0.39 is 0 Å². The molecule has 21 heavy (non-hydrogen) atoms. The number of nitrogens with zero attached hydrogens (tertiary/aromatic N) is 5. The van der Waals surface area contributed by atoms with E-state index in [0.29, 0.717) is 11.9 Å².